The van der Waals surface area contributed by atoms with Crippen LogP contribution in [0.2, 0.25) is 0 Å². The quantitative estimate of drug-likeness (QED) is 0.310. The van der Waals surface area contributed by atoms with E-state index in [1.165, 1.54) is 0 Å². The van der Waals surface area contributed by atoms with E-state index in [-0.39, 0.29) is 6.54 Å². The molecule has 2 N–H and O–H groups in total. The molecule has 8 nitrogen and oxygen atoms in total. The lowest BCUT2D eigenvalue weighted by molar-refractivity contribution is 0.0552. The number of hydrogen-bond donors (Lipinski definition) is 2. The maximum Gasteiger partial charge on any atom is 0.440 e. The smallest absolute Gasteiger partial charge is 0.440 e. The van der Waals surface area contributed by atoms with Crippen molar-refractivity contribution in [1.29, 1.82) is 0 Å². The minimum atomic E-state index is -0.774. The monoisotopic (exact) mass is 518 g/mol. The van der Waals surface area contributed by atoms with Crippen LogP contribution in [0.1, 0.15) is 48.1 Å². The molecule has 8 heteroatoms. The second-order valence-corrected chi connectivity index (χ2v) is 10.2. The van der Waals surface area contributed by atoms with Crippen molar-refractivity contribution in [3.8, 4) is 22.6 Å². The van der Waals surface area contributed by atoms with Crippen molar-refractivity contribution in [2.75, 3.05) is 6.61 Å². The standard InChI is InChI=1S/C30H34N2O6/c1-19-16-27(36-14-13-30(4,5)35)20(2)15-26(19)25-8-6-7-23(21(25)3)18-37-24-11-9-22(10-12-24)17-32-28(33)31-29(34)38-32/h6-12,15-16,35H,13-14,17-18H2,1-5H3,(H,31,33,34). The highest BCUT2D eigenvalue weighted by Crippen LogP contribution is 2.33. The molecule has 3 aromatic carbocycles. The molecule has 0 aliphatic carbocycles. The zero-order valence-corrected chi connectivity index (χ0v) is 22.5. The summed E-state index contributed by atoms with van der Waals surface area (Å²) in [5, 5.41) is 9.95. The predicted octanol–water partition coefficient (Wildman–Crippen LogP) is 4.89. The van der Waals surface area contributed by atoms with E-state index < -0.39 is 17.0 Å². The summed E-state index contributed by atoms with van der Waals surface area (Å²) in [6.45, 7) is 10.8. The van der Waals surface area contributed by atoms with Crippen LogP contribution in [0.4, 0.5) is 0 Å². The van der Waals surface area contributed by atoms with Crippen LogP contribution in [0, 0.1) is 20.8 Å². The molecule has 0 amide bonds. The van der Waals surface area contributed by atoms with Gasteiger partial charge in [-0.3, -0.25) is 0 Å². The van der Waals surface area contributed by atoms with Gasteiger partial charge < -0.3 is 19.1 Å². The van der Waals surface area contributed by atoms with E-state index in [2.05, 4.69) is 43.1 Å². The van der Waals surface area contributed by atoms with Crippen LogP contribution in [-0.2, 0) is 13.2 Å². The molecular formula is C30H34N2O6. The van der Waals surface area contributed by atoms with Crippen LogP contribution in [0.25, 0.3) is 11.1 Å². The Morgan fingerprint density at radius 1 is 0.947 bits per heavy atom. The number of ether oxygens (including phenoxy) is 2. The lowest BCUT2D eigenvalue weighted by Gasteiger charge is -2.19. The van der Waals surface area contributed by atoms with E-state index in [1.807, 2.05) is 37.3 Å². The molecule has 1 heterocycles. The van der Waals surface area contributed by atoms with Gasteiger partial charge in [0.25, 0.3) is 0 Å². The topological polar surface area (TPSA) is 107 Å². The van der Waals surface area contributed by atoms with E-state index in [0.717, 1.165) is 49.4 Å². The fourth-order valence-corrected chi connectivity index (χ4v) is 4.21. The summed E-state index contributed by atoms with van der Waals surface area (Å²) in [5.41, 5.74) is 6.14. The Morgan fingerprint density at radius 3 is 2.34 bits per heavy atom. The first kappa shape index (κ1) is 27.0. The van der Waals surface area contributed by atoms with Gasteiger partial charge in [0.05, 0.1) is 18.8 Å². The Kier molecular flexibility index (Phi) is 7.92. The third-order valence-corrected chi connectivity index (χ3v) is 6.50. The molecule has 4 aromatic rings. The summed E-state index contributed by atoms with van der Waals surface area (Å²) in [6, 6.07) is 17.7. The molecule has 1 aromatic heterocycles. The molecule has 0 saturated heterocycles. The van der Waals surface area contributed by atoms with Crippen LogP contribution < -0.4 is 20.9 Å². The van der Waals surface area contributed by atoms with Crippen molar-refractivity contribution in [3.05, 3.63) is 103 Å². The number of H-pyrrole nitrogens is 1. The highest BCUT2D eigenvalue weighted by Gasteiger charge is 2.15. The minimum absolute atomic E-state index is 0.154. The van der Waals surface area contributed by atoms with Gasteiger partial charge in [-0.25, -0.2) is 14.6 Å². The first-order valence-corrected chi connectivity index (χ1v) is 12.6. The fourth-order valence-electron chi connectivity index (χ4n) is 4.21. The van der Waals surface area contributed by atoms with E-state index in [1.54, 1.807) is 13.8 Å². The molecule has 0 radical (unpaired) electrons. The number of nitrogens with one attached hydrogen (secondary N) is 1. The van der Waals surface area contributed by atoms with Crippen molar-refractivity contribution in [2.24, 2.45) is 0 Å². The Bertz CT molecular complexity index is 1520. The molecule has 0 saturated carbocycles. The molecular weight excluding hydrogens is 484 g/mol. The normalized spacial score (nSPS) is 11.5. The van der Waals surface area contributed by atoms with Gasteiger partial charge in [-0.1, -0.05) is 30.3 Å². The van der Waals surface area contributed by atoms with Gasteiger partial charge in [0, 0.05) is 6.42 Å². The number of aliphatic hydroxyl groups is 1. The first-order valence-electron chi connectivity index (χ1n) is 12.6. The summed E-state index contributed by atoms with van der Waals surface area (Å²) < 4.78 is 17.8. The molecule has 200 valence electrons. The van der Waals surface area contributed by atoms with Crippen LogP contribution in [0.3, 0.4) is 0 Å². The van der Waals surface area contributed by atoms with Gasteiger partial charge in [-0.05, 0) is 97.8 Å². The maximum absolute atomic E-state index is 11.6. The van der Waals surface area contributed by atoms with Gasteiger partial charge in [-0.15, -0.1) is 4.74 Å². The molecule has 0 aliphatic heterocycles. The largest absolute Gasteiger partial charge is 0.493 e. The van der Waals surface area contributed by atoms with Gasteiger partial charge in [-0.2, -0.15) is 0 Å². The highest BCUT2D eigenvalue weighted by molar-refractivity contribution is 5.73. The predicted molar refractivity (Wildman–Crippen MR) is 146 cm³/mol. The Balaban J connectivity index is 1.45. The van der Waals surface area contributed by atoms with E-state index in [9.17, 15) is 14.7 Å². The van der Waals surface area contributed by atoms with Gasteiger partial charge in [0.2, 0.25) is 0 Å². The minimum Gasteiger partial charge on any atom is -0.493 e. The molecule has 0 bridgehead atoms. The zero-order valence-electron chi connectivity index (χ0n) is 22.5. The first-order chi connectivity index (χ1) is 18.0. The van der Waals surface area contributed by atoms with Crippen LogP contribution in [-0.4, -0.2) is 27.0 Å². The molecule has 38 heavy (non-hydrogen) atoms. The van der Waals surface area contributed by atoms with E-state index in [4.69, 9.17) is 14.0 Å². The van der Waals surface area contributed by atoms with Gasteiger partial charge in [0.1, 0.15) is 18.1 Å². The lowest BCUT2D eigenvalue weighted by Crippen LogP contribution is -2.21. The summed E-state index contributed by atoms with van der Waals surface area (Å²) in [7, 11) is 0. The summed E-state index contributed by atoms with van der Waals surface area (Å²) in [6.07, 6.45) is 0.558. The summed E-state index contributed by atoms with van der Waals surface area (Å²) in [4.78, 5) is 24.9. The average Bonchev–Trinajstić information content (AvgIpc) is 3.17. The average molecular weight is 519 g/mol. The van der Waals surface area contributed by atoms with Crippen LogP contribution in [0.5, 0.6) is 11.5 Å². The van der Waals surface area contributed by atoms with Crippen molar-refractivity contribution in [1.82, 2.24) is 9.72 Å². The fraction of sp³-hybridized carbons (Fsp3) is 0.333. The number of hydrogen-bond acceptors (Lipinski definition) is 6. The second kappa shape index (κ2) is 11.1. The summed E-state index contributed by atoms with van der Waals surface area (Å²) >= 11 is 0. The number of aromatic nitrogens is 2. The van der Waals surface area contributed by atoms with Crippen molar-refractivity contribution in [3.63, 3.8) is 0 Å². The van der Waals surface area contributed by atoms with Crippen molar-refractivity contribution < 1.29 is 19.1 Å². The number of rotatable bonds is 10. The maximum atomic E-state index is 11.6. The number of aryl methyl sites for hydroxylation is 2. The second-order valence-electron chi connectivity index (χ2n) is 10.2. The third kappa shape index (κ3) is 6.63. The lowest BCUT2D eigenvalue weighted by atomic mass is 9.92. The summed E-state index contributed by atoms with van der Waals surface area (Å²) in [5.74, 6) is 0.755. The van der Waals surface area contributed by atoms with Crippen LogP contribution >= 0.6 is 0 Å². The number of benzene rings is 3. The van der Waals surface area contributed by atoms with Gasteiger partial charge in [0.15, 0.2) is 0 Å². The van der Waals surface area contributed by atoms with Crippen LogP contribution in [0.15, 0.2) is 68.7 Å². The van der Waals surface area contributed by atoms with E-state index in [0.29, 0.717) is 25.4 Å². The van der Waals surface area contributed by atoms with Gasteiger partial charge >= 0.3 is 11.4 Å². The Labute approximate surface area is 221 Å². The number of nitrogens with zero attached hydrogens (tertiary/aromatic N) is 1. The van der Waals surface area contributed by atoms with Crippen molar-refractivity contribution in [2.45, 2.75) is 59.8 Å². The van der Waals surface area contributed by atoms with Crippen molar-refractivity contribution >= 4 is 0 Å². The number of aromatic amines is 1. The molecule has 0 unspecified atom stereocenters. The highest BCUT2D eigenvalue weighted by atomic mass is 16.5. The Morgan fingerprint density at radius 2 is 1.68 bits per heavy atom. The molecule has 0 spiro atoms. The van der Waals surface area contributed by atoms with E-state index >= 15 is 0 Å². The third-order valence-electron chi connectivity index (χ3n) is 6.50. The SMILES string of the molecule is Cc1cc(-c2cccc(COc3ccc(Cn4oc(=O)[nH]c4=O)cc3)c2C)c(C)cc1OCCC(C)(C)O. The Hall–Kier alpha value is -4.04. The molecule has 0 fully saturated rings. The zero-order chi connectivity index (χ0) is 27.4. The molecule has 0 atom stereocenters. The molecule has 4 rings (SSSR count). The molecule has 0 aliphatic rings.